The third-order valence-electron chi connectivity index (χ3n) is 6.54. The Kier molecular flexibility index (Phi) is 5.37. The van der Waals surface area contributed by atoms with Gasteiger partial charge in [-0.1, -0.05) is 23.7 Å². The Morgan fingerprint density at radius 2 is 1.83 bits per heavy atom. The van der Waals surface area contributed by atoms with Gasteiger partial charge in [0.05, 0.1) is 11.1 Å². The number of hydrogen-bond donors (Lipinski definition) is 2. The van der Waals surface area contributed by atoms with Crippen molar-refractivity contribution in [1.29, 1.82) is 0 Å². The molecule has 4 rings (SSSR count). The number of fused-ring (bicyclic) bond motifs is 1. The maximum Gasteiger partial charge on any atom is 0.255 e. The van der Waals surface area contributed by atoms with E-state index in [9.17, 15) is 9.18 Å². The summed E-state index contributed by atoms with van der Waals surface area (Å²) < 4.78 is 19.7. The fourth-order valence-corrected chi connectivity index (χ4v) is 4.94. The van der Waals surface area contributed by atoms with E-state index in [4.69, 9.17) is 22.1 Å². The molecule has 158 valence electrons. The SMILES string of the molecule is CC(C)(N)[C@]1(c2ccc(F)cc2)CC[C@H](Oc2cc3cc[nH]c(=O)c3cc2Cl)CC1. The summed E-state index contributed by atoms with van der Waals surface area (Å²) in [6.45, 7) is 4.07. The van der Waals surface area contributed by atoms with Gasteiger partial charge in [0.15, 0.2) is 0 Å². The van der Waals surface area contributed by atoms with Gasteiger partial charge < -0.3 is 15.5 Å². The van der Waals surface area contributed by atoms with Crippen molar-refractivity contribution in [2.24, 2.45) is 5.73 Å². The lowest BCUT2D eigenvalue weighted by atomic mass is 9.59. The lowest BCUT2D eigenvalue weighted by Gasteiger charge is -2.49. The standard InChI is InChI=1S/C24H26ClFN2O2/c1-23(2,27)24(16-3-5-17(26)6-4-16)10-7-18(8-11-24)30-21-13-15-9-12-28-22(29)19(15)14-20(21)25/h3-6,9,12-14,18H,7-8,10-11,27H2,1-2H3,(H,28,29)/t18-,24+. The molecule has 3 aromatic rings. The number of aromatic amines is 1. The molecule has 1 fully saturated rings. The first-order valence-electron chi connectivity index (χ1n) is 10.2. The smallest absolute Gasteiger partial charge is 0.255 e. The summed E-state index contributed by atoms with van der Waals surface area (Å²) in [5, 5.41) is 1.75. The number of ether oxygens (including phenoxy) is 1. The quantitative estimate of drug-likeness (QED) is 0.591. The van der Waals surface area contributed by atoms with E-state index in [0.29, 0.717) is 16.2 Å². The van der Waals surface area contributed by atoms with Crippen molar-refractivity contribution < 1.29 is 9.13 Å². The zero-order valence-electron chi connectivity index (χ0n) is 17.2. The number of aromatic nitrogens is 1. The van der Waals surface area contributed by atoms with Crippen LogP contribution in [0, 0.1) is 5.82 Å². The molecule has 1 heterocycles. The van der Waals surface area contributed by atoms with Gasteiger partial charge in [-0.25, -0.2) is 4.39 Å². The molecule has 6 heteroatoms. The van der Waals surface area contributed by atoms with Gasteiger partial charge in [0.25, 0.3) is 5.56 Å². The van der Waals surface area contributed by atoms with Gasteiger partial charge in [-0.05, 0) is 80.8 Å². The van der Waals surface area contributed by atoms with Crippen LogP contribution in [0.25, 0.3) is 10.8 Å². The molecule has 0 amide bonds. The van der Waals surface area contributed by atoms with Crippen LogP contribution < -0.4 is 16.0 Å². The first kappa shape index (κ1) is 20.9. The van der Waals surface area contributed by atoms with Crippen LogP contribution in [0.4, 0.5) is 4.39 Å². The van der Waals surface area contributed by atoms with Crippen LogP contribution in [0.15, 0.2) is 53.5 Å². The lowest BCUT2D eigenvalue weighted by Crippen LogP contribution is -2.56. The van der Waals surface area contributed by atoms with E-state index < -0.39 is 5.54 Å². The van der Waals surface area contributed by atoms with E-state index in [1.807, 2.05) is 38.1 Å². The van der Waals surface area contributed by atoms with Crippen LogP contribution in [0.5, 0.6) is 5.75 Å². The van der Waals surface area contributed by atoms with Crippen LogP contribution in [0.2, 0.25) is 5.02 Å². The summed E-state index contributed by atoms with van der Waals surface area (Å²) in [7, 11) is 0. The molecule has 1 aliphatic carbocycles. The Morgan fingerprint density at radius 3 is 2.47 bits per heavy atom. The zero-order chi connectivity index (χ0) is 21.5. The molecule has 0 atom stereocenters. The molecule has 1 aliphatic rings. The molecular weight excluding hydrogens is 403 g/mol. The first-order chi connectivity index (χ1) is 14.2. The zero-order valence-corrected chi connectivity index (χ0v) is 17.9. The molecule has 0 spiro atoms. The average molecular weight is 429 g/mol. The second-order valence-corrected chi connectivity index (χ2v) is 9.21. The number of H-pyrrole nitrogens is 1. The van der Waals surface area contributed by atoms with E-state index in [1.54, 1.807) is 12.3 Å². The largest absolute Gasteiger partial charge is 0.489 e. The molecule has 0 bridgehead atoms. The van der Waals surface area contributed by atoms with Crippen LogP contribution in [0.1, 0.15) is 45.1 Å². The fraction of sp³-hybridized carbons (Fsp3) is 0.375. The Morgan fingerprint density at radius 1 is 1.17 bits per heavy atom. The summed E-state index contributed by atoms with van der Waals surface area (Å²) in [5.74, 6) is 0.339. The number of nitrogens with one attached hydrogen (secondary N) is 1. The predicted octanol–water partition coefficient (Wildman–Crippen LogP) is 5.32. The van der Waals surface area contributed by atoms with Gasteiger partial charge in [0.2, 0.25) is 0 Å². The van der Waals surface area contributed by atoms with Crippen LogP contribution in [-0.2, 0) is 5.41 Å². The Bertz CT molecular complexity index is 1110. The Balaban J connectivity index is 1.56. The molecule has 1 aromatic heterocycles. The molecule has 3 N–H and O–H groups in total. The highest BCUT2D eigenvalue weighted by Crippen LogP contribution is 2.47. The van der Waals surface area contributed by atoms with Gasteiger partial charge in [-0.15, -0.1) is 0 Å². The number of rotatable bonds is 4. The molecule has 0 radical (unpaired) electrons. The number of halogens is 2. The van der Waals surface area contributed by atoms with E-state index >= 15 is 0 Å². The lowest BCUT2D eigenvalue weighted by molar-refractivity contribution is 0.0849. The van der Waals surface area contributed by atoms with Gasteiger partial charge in [-0.2, -0.15) is 0 Å². The summed E-state index contributed by atoms with van der Waals surface area (Å²) >= 11 is 6.40. The maximum atomic E-state index is 13.5. The third-order valence-corrected chi connectivity index (χ3v) is 6.83. The molecule has 0 saturated heterocycles. The van der Waals surface area contributed by atoms with Gasteiger partial charge in [-0.3, -0.25) is 4.79 Å². The number of nitrogens with two attached hydrogens (primary N) is 1. The van der Waals surface area contributed by atoms with Crippen molar-refractivity contribution in [2.75, 3.05) is 0 Å². The molecule has 2 aromatic carbocycles. The van der Waals surface area contributed by atoms with Crippen molar-refractivity contribution in [3.63, 3.8) is 0 Å². The monoisotopic (exact) mass is 428 g/mol. The molecule has 1 saturated carbocycles. The minimum absolute atomic E-state index is 0.00197. The van der Waals surface area contributed by atoms with E-state index in [2.05, 4.69) is 4.98 Å². The summed E-state index contributed by atoms with van der Waals surface area (Å²) in [5.41, 5.74) is 6.81. The summed E-state index contributed by atoms with van der Waals surface area (Å²) in [6.07, 6.45) is 4.89. The van der Waals surface area contributed by atoms with Crippen molar-refractivity contribution in [2.45, 2.75) is 56.6 Å². The van der Waals surface area contributed by atoms with Crippen LogP contribution in [0.3, 0.4) is 0 Å². The van der Waals surface area contributed by atoms with E-state index in [1.165, 1.54) is 12.1 Å². The molecule has 4 nitrogen and oxygen atoms in total. The van der Waals surface area contributed by atoms with E-state index in [-0.39, 0.29) is 22.9 Å². The van der Waals surface area contributed by atoms with Gasteiger partial charge in [0, 0.05) is 22.5 Å². The maximum absolute atomic E-state index is 13.5. The molecule has 0 unspecified atom stereocenters. The molecule has 30 heavy (non-hydrogen) atoms. The van der Waals surface area contributed by atoms with Crippen molar-refractivity contribution in [3.8, 4) is 5.75 Å². The highest BCUT2D eigenvalue weighted by molar-refractivity contribution is 6.32. The average Bonchev–Trinajstić information content (AvgIpc) is 2.70. The first-order valence-corrected chi connectivity index (χ1v) is 10.6. The minimum Gasteiger partial charge on any atom is -0.489 e. The highest BCUT2D eigenvalue weighted by Gasteiger charge is 2.46. The van der Waals surface area contributed by atoms with Gasteiger partial charge >= 0.3 is 0 Å². The van der Waals surface area contributed by atoms with Gasteiger partial charge in [0.1, 0.15) is 11.6 Å². The second-order valence-electron chi connectivity index (χ2n) is 8.80. The molecule has 0 aliphatic heterocycles. The van der Waals surface area contributed by atoms with Crippen LogP contribution in [-0.4, -0.2) is 16.6 Å². The fourth-order valence-electron chi connectivity index (χ4n) is 4.73. The number of benzene rings is 2. The third kappa shape index (κ3) is 3.72. The highest BCUT2D eigenvalue weighted by atomic mass is 35.5. The minimum atomic E-state index is -0.461. The van der Waals surface area contributed by atoms with Crippen molar-refractivity contribution in [3.05, 3.63) is 75.4 Å². The second kappa shape index (κ2) is 7.71. The molecular formula is C24H26ClFN2O2. The topological polar surface area (TPSA) is 68.1 Å². The van der Waals surface area contributed by atoms with E-state index in [0.717, 1.165) is 36.6 Å². The number of hydrogen-bond acceptors (Lipinski definition) is 3. The Hall–Kier alpha value is -2.37. The summed E-state index contributed by atoms with van der Waals surface area (Å²) in [6, 6.07) is 12.0. The predicted molar refractivity (Wildman–Crippen MR) is 119 cm³/mol. The number of pyridine rings is 1. The van der Waals surface area contributed by atoms with Crippen LogP contribution >= 0.6 is 11.6 Å². The summed E-state index contributed by atoms with van der Waals surface area (Å²) in [4.78, 5) is 14.6. The van der Waals surface area contributed by atoms with Crippen molar-refractivity contribution >= 4 is 22.4 Å². The Labute approximate surface area is 180 Å². The van der Waals surface area contributed by atoms with Crippen molar-refractivity contribution in [1.82, 2.24) is 4.98 Å². The normalized spacial score (nSPS) is 22.2.